The number of phenols is 1. The lowest BCUT2D eigenvalue weighted by Crippen LogP contribution is -2.64. The Hall–Kier alpha value is -13.5. The lowest BCUT2D eigenvalue weighted by atomic mass is 9.98. The summed E-state index contributed by atoms with van der Waals surface area (Å²) in [7, 11) is 3.55. The standard InChI is InChI=1S/C93H116F4N16O21S/c1-9-10-21-71-92(132)112-33-16-22-70(112)86(126)106-67(44-78(119)120)85(125)108-80(51(4)5)93(133)110(7)72(41-52-17-12-11-13-18-52)87(127)102-63(31-32-77(117)118)90(130)113-34-35-134-47-74(113)88(128)105-66(43-56-45-99-62-20-15-14-19-59(56)62)84(124)104-65(39-53-25-29-58(114)30-26-53)83(123)103-64(36-50(2)3)82(122)107-69(81(121)100-46-75(98)115)48-135-49-76(116)101-68(40-55-37-60(95)79(97)61(96)38-55)89(129)111(8)73(91(131)109(71)6)42-54-23-27-57(94)28-24-54/h11-15,17-20,23-30,37-38,45,50-51,63-74,80,99,114H,9-10,16,21-22,31-36,39-44,46-49H2,1-8H3,(H2,98,115)(H,100,121)(H,101,116)(H,102,127)(H,103,123)(H,104,124)(H,105,128)(H,106,126)(H,107,122)(H,108,125)(H,117,118)(H,119,120)/t63-,64-,65-,66+,67-,68-,69-,70+,71-,72-,73-,74+,80+/m0/s1. The van der Waals surface area contributed by atoms with Crippen LogP contribution in [0.15, 0.2) is 121 Å². The van der Waals surface area contributed by atoms with Gasteiger partial charge >= 0.3 is 11.9 Å². The Bertz CT molecular complexity index is 5270. The molecule has 728 valence electrons. The van der Waals surface area contributed by atoms with Crippen molar-refractivity contribution in [2.24, 2.45) is 17.6 Å². The summed E-state index contributed by atoms with van der Waals surface area (Å²) in [5, 5.41) is 54.6. The lowest BCUT2D eigenvalue weighted by molar-refractivity contribution is -0.152. The van der Waals surface area contributed by atoms with Crippen LogP contribution in [0.2, 0.25) is 0 Å². The minimum Gasteiger partial charge on any atom is -0.508 e. The number of unbranched alkanes of at least 4 members (excludes halogenated alkanes) is 1. The lowest BCUT2D eigenvalue weighted by Gasteiger charge is -2.38. The number of nitrogens with two attached hydrogens (primary N) is 1. The number of hydrogen-bond acceptors (Lipinski definition) is 20. The number of aromatic nitrogens is 1. The number of carboxylic acids is 2. The van der Waals surface area contributed by atoms with Crippen LogP contribution in [-0.4, -0.2) is 289 Å². The maximum absolute atomic E-state index is 15.7. The number of thioether (sulfide) groups is 1. The number of primary amides is 1. The average molecular weight is 1900 g/mol. The van der Waals surface area contributed by atoms with Crippen LogP contribution in [-0.2, 0) is 118 Å². The van der Waals surface area contributed by atoms with E-state index in [9.17, 15) is 57.7 Å². The molecule has 9 rings (SSSR count). The zero-order valence-corrected chi connectivity index (χ0v) is 76.8. The van der Waals surface area contributed by atoms with Gasteiger partial charge in [0.2, 0.25) is 88.6 Å². The molecule has 3 aliphatic heterocycles. The molecule has 0 saturated carbocycles. The Morgan fingerprint density at radius 3 is 1.74 bits per heavy atom. The summed E-state index contributed by atoms with van der Waals surface area (Å²) in [5.41, 5.74) is 7.02. The van der Waals surface area contributed by atoms with Crippen molar-refractivity contribution in [2.75, 3.05) is 65.5 Å². The van der Waals surface area contributed by atoms with Gasteiger partial charge < -0.3 is 103 Å². The van der Waals surface area contributed by atoms with E-state index >= 15 is 56.7 Å². The number of benzene rings is 5. The molecule has 0 radical (unpaired) electrons. The number of aromatic amines is 1. The van der Waals surface area contributed by atoms with Crippen molar-refractivity contribution in [3.8, 4) is 5.75 Å². The maximum atomic E-state index is 15.7. The number of fused-ring (bicyclic) bond motifs is 3. The van der Waals surface area contributed by atoms with E-state index in [4.69, 9.17) is 10.5 Å². The number of para-hydroxylation sites is 1. The molecule has 4 heterocycles. The van der Waals surface area contributed by atoms with E-state index in [1.807, 2.05) is 0 Å². The minimum absolute atomic E-state index is 0.0920. The summed E-state index contributed by atoms with van der Waals surface area (Å²) in [5.74, 6) is -27.6. The highest BCUT2D eigenvalue weighted by atomic mass is 32.2. The van der Waals surface area contributed by atoms with Gasteiger partial charge in [-0.3, -0.25) is 81.5 Å². The van der Waals surface area contributed by atoms with Gasteiger partial charge in [-0.05, 0) is 114 Å². The number of phenolic OH excluding ortho intramolecular Hbond substituents is 1. The second kappa shape index (κ2) is 49.4. The van der Waals surface area contributed by atoms with Gasteiger partial charge in [-0.1, -0.05) is 120 Å². The second-order valence-corrected chi connectivity index (χ2v) is 35.5. The van der Waals surface area contributed by atoms with Gasteiger partial charge in [-0.25, -0.2) is 17.6 Å². The Balaban J connectivity index is 1.14. The second-order valence-electron chi connectivity index (χ2n) is 34.5. The number of aromatic hydroxyl groups is 1. The summed E-state index contributed by atoms with van der Waals surface area (Å²) < 4.78 is 65.6. The number of morpholine rings is 1. The molecule has 37 nitrogen and oxygen atoms in total. The van der Waals surface area contributed by atoms with Crippen LogP contribution in [0.5, 0.6) is 5.75 Å². The molecule has 5 aromatic carbocycles. The highest BCUT2D eigenvalue weighted by Crippen LogP contribution is 2.28. The molecule has 0 aliphatic carbocycles. The number of carbonyl (C=O) groups is 17. The number of amides is 15. The predicted octanol–water partition coefficient (Wildman–Crippen LogP) is 2.10. The number of nitrogens with zero attached hydrogens (tertiary/aromatic N) is 5. The zero-order chi connectivity index (χ0) is 98.8. The van der Waals surface area contributed by atoms with Crippen molar-refractivity contribution >= 4 is 123 Å². The van der Waals surface area contributed by atoms with E-state index < -0.39 is 283 Å². The van der Waals surface area contributed by atoms with Gasteiger partial charge in [0.25, 0.3) is 0 Å². The molecular weight excluding hydrogens is 1790 g/mol. The molecule has 135 heavy (non-hydrogen) atoms. The van der Waals surface area contributed by atoms with Gasteiger partial charge in [0.15, 0.2) is 17.5 Å². The van der Waals surface area contributed by atoms with Crippen molar-refractivity contribution in [1.29, 1.82) is 0 Å². The predicted molar refractivity (Wildman–Crippen MR) is 483 cm³/mol. The molecule has 15 N–H and O–H groups in total. The van der Waals surface area contributed by atoms with E-state index in [1.54, 1.807) is 81.6 Å². The molecule has 42 heteroatoms. The van der Waals surface area contributed by atoms with Crippen molar-refractivity contribution in [3.63, 3.8) is 0 Å². The largest absolute Gasteiger partial charge is 0.508 e. The van der Waals surface area contributed by atoms with Crippen molar-refractivity contribution in [1.82, 2.24) is 77.3 Å². The number of carbonyl (C=O) groups excluding carboxylic acids is 15. The molecular formula is C93H116F4N16O21S. The first-order valence-electron chi connectivity index (χ1n) is 44.3. The number of nitrogens with one attached hydrogen (secondary N) is 10. The SMILES string of the molecule is CCCC[C@H]1C(=O)N2CCC[C@@H]2C(=O)N[C@@H](CC(=O)O)C(=O)N[C@H](C(C)C)C(=O)N(C)[C@@H](Cc2ccccc2)C(=O)N[C@@H](CCC(=O)O)C(=O)N2CCOC[C@@H]2C(=O)N[C@H](Cc2c[nH]c3ccccc23)C(=O)N[C@@H](Cc2ccc(O)cc2)C(=O)N[C@@H](CC(C)C)C(=O)N[C@H](C(=O)NCC(N)=O)CSCC(=O)N[C@@H](Cc2cc(F)c(F)c(F)c2)C(=O)N(C)[C@@H](Cc2ccc(F)cc2)C(=O)N1C. The third kappa shape index (κ3) is 29.5. The van der Waals surface area contributed by atoms with E-state index in [-0.39, 0.29) is 76.0 Å². The molecule has 3 aliphatic rings. The number of likely N-dealkylation sites (N-methyl/N-ethyl adjacent to an activating group) is 3. The van der Waals surface area contributed by atoms with Gasteiger partial charge in [0, 0.05) is 95.6 Å². The normalized spacial score (nSPS) is 23.5. The fraction of sp³-hybridized carbons (Fsp3) is 0.473. The van der Waals surface area contributed by atoms with Gasteiger partial charge in [-0.2, -0.15) is 0 Å². The van der Waals surface area contributed by atoms with Crippen LogP contribution < -0.4 is 53.6 Å². The number of H-pyrrole nitrogens is 1. The number of halogens is 4. The summed E-state index contributed by atoms with van der Waals surface area (Å²) in [6.45, 7) is 6.01. The number of carboxylic acid groups (broad SMARTS) is 2. The number of rotatable bonds is 24. The van der Waals surface area contributed by atoms with Crippen LogP contribution in [0.1, 0.15) is 120 Å². The van der Waals surface area contributed by atoms with E-state index in [1.165, 1.54) is 64.3 Å². The first-order chi connectivity index (χ1) is 64.1. The third-order valence-electron chi connectivity index (χ3n) is 23.6. The third-order valence-corrected chi connectivity index (χ3v) is 24.6. The molecule has 0 unspecified atom stereocenters. The summed E-state index contributed by atoms with van der Waals surface area (Å²) >= 11 is 0.632. The van der Waals surface area contributed by atoms with Crippen LogP contribution in [0.25, 0.3) is 10.9 Å². The van der Waals surface area contributed by atoms with Crippen molar-refractivity contribution in [3.05, 3.63) is 173 Å². The highest BCUT2D eigenvalue weighted by Gasteiger charge is 2.47. The quantitative estimate of drug-likeness (QED) is 0.0305. The number of aliphatic carboxylic acids is 2. The molecule has 1 aromatic heterocycles. The Kier molecular flexibility index (Phi) is 38.5. The molecule has 3 fully saturated rings. The monoisotopic (exact) mass is 1900 g/mol. The van der Waals surface area contributed by atoms with E-state index in [2.05, 4.69) is 52.8 Å². The van der Waals surface area contributed by atoms with Crippen LogP contribution >= 0.6 is 11.8 Å². The van der Waals surface area contributed by atoms with Crippen molar-refractivity contribution < 1.29 is 119 Å². The first kappa shape index (κ1) is 105. The summed E-state index contributed by atoms with van der Waals surface area (Å²) in [6, 6.07) is 4.07. The maximum Gasteiger partial charge on any atom is 0.305 e. The molecule has 0 spiro atoms. The molecule has 6 aromatic rings. The Morgan fingerprint density at radius 2 is 1.10 bits per heavy atom. The van der Waals surface area contributed by atoms with E-state index in [0.29, 0.717) is 57.9 Å². The summed E-state index contributed by atoms with van der Waals surface area (Å²) in [4.78, 5) is 258. The van der Waals surface area contributed by atoms with Crippen LogP contribution in [0.3, 0.4) is 0 Å². The molecule has 15 amide bonds. The first-order valence-corrected chi connectivity index (χ1v) is 45.5. The smallest absolute Gasteiger partial charge is 0.305 e. The highest BCUT2D eigenvalue weighted by molar-refractivity contribution is 8.00. The number of ether oxygens (including phenoxy) is 1. The van der Waals surface area contributed by atoms with E-state index in [0.717, 1.165) is 43.7 Å². The molecule has 0 bridgehead atoms. The average Bonchev–Trinajstić information content (AvgIpc) is 1.76. The molecule has 13 atom stereocenters. The van der Waals surface area contributed by atoms with Gasteiger partial charge in [0.05, 0.1) is 31.9 Å². The zero-order valence-electron chi connectivity index (χ0n) is 76.0. The Morgan fingerprint density at radius 1 is 0.541 bits per heavy atom. The van der Waals surface area contributed by atoms with Gasteiger partial charge in [-0.15, -0.1) is 11.8 Å². The topological polar surface area (TPSA) is 526 Å². The fourth-order valence-corrected chi connectivity index (χ4v) is 17.1. The molecule has 3 saturated heterocycles. The van der Waals surface area contributed by atoms with Gasteiger partial charge in [0.1, 0.15) is 90.1 Å². The van der Waals surface area contributed by atoms with Crippen molar-refractivity contribution in [2.45, 2.75) is 203 Å². The Labute approximate surface area is 780 Å². The number of hydrogen-bond donors (Lipinski definition) is 14. The minimum atomic E-state index is -2.00. The van der Waals surface area contributed by atoms with Crippen LogP contribution in [0, 0.1) is 35.1 Å². The van der Waals surface area contributed by atoms with Crippen LogP contribution in [0.4, 0.5) is 17.6 Å². The summed E-state index contributed by atoms with van der Waals surface area (Å²) in [6.07, 6.45) is -2.91. The fourth-order valence-electron chi connectivity index (χ4n) is 16.3.